The fourth-order valence-electron chi connectivity index (χ4n) is 1.55. The largest absolute Gasteiger partial charge is 0.476 e. The number of benzene rings is 1. The van der Waals surface area contributed by atoms with Crippen molar-refractivity contribution in [2.24, 2.45) is 0 Å². The first-order valence-electron chi connectivity index (χ1n) is 6.53. The molecule has 0 aliphatic rings. The van der Waals surface area contributed by atoms with Crippen LogP contribution in [0, 0.1) is 11.3 Å². The van der Waals surface area contributed by atoms with Crippen molar-refractivity contribution in [1.82, 2.24) is 0 Å². The van der Waals surface area contributed by atoms with Crippen molar-refractivity contribution < 1.29 is 14.3 Å². The number of nitriles is 1. The summed E-state index contributed by atoms with van der Waals surface area (Å²) in [5, 5.41) is 8.81. The predicted molar refractivity (Wildman–Crippen MR) is 76.3 cm³/mol. The van der Waals surface area contributed by atoms with Gasteiger partial charge < -0.3 is 9.47 Å². The van der Waals surface area contributed by atoms with Gasteiger partial charge in [0.05, 0.1) is 12.5 Å². The zero-order chi connectivity index (χ0) is 15.4. The van der Waals surface area contributed by atoms with E-state index in [1.807, 2.05) is 32.9 Å². The molecule has 1 aromatic carbocycles. The number of para-hydroxylation sites is 1. The van der Waals surface area contributed by atoms with E-state index in [9.17, 15) is 4.79 Å². The summed E-state index contributed by atoms with van der Waals surface area (Å²) in [7, 11) is 0. The van der Waals surface area contributed by atoms with Crippen LogP contribution in [0.1, 0.15) is 40.2 Å². The Hall–Kier alpha value is -2.02. The Bertz CT molecular complexity index is 521. The highest BCUT2D eigenvalue weighted by Gasteiger charge is 2.35. The van der Waals surface area contributed by atoms with Gasteiger partial charge in [-0.1, -0.05) is 18.2 Å². The van der Waals surface area contributed by atoms with Crippen LogP contribution >= 0.6 is 0 Å². The van der Waals surface area contributed by atoms with E-state index < -0.39 is 17.2 Å². The SMILES string of the molecule is CC(C)(C)OC(=O)C(C)(C)Oc1ccccc1CC#N. The first-order chi connectivity index (χ1) is 9.15. The standard InChI is InChI=1S/C16H21NO3/c1-15(2,3)20-14(18)16(4,5)19-13-9-7-6-8-12(13)10-11-17/h6-9H,10H2,1-5H3. The van der Waals surface area contributed by atoms with E-state index in [0.717, 1.165) is 5.56 Å². The molecular formula is C16H21NO3. The van der Waals surface area contributed by atoms with Gasteiger partial charge in [0.25, 0.3) is 0 Å². The summed E-state index contributed by atoms with van der Waals surface area (Å²) in [4.78, 5) is 12.1. The number of carbonyl (C=O) groups is 1. The second-order valence-corrected chi connectivity index (χ2v) is 6.06. The lowest BCUT2D eigenvalue weighted by Crippen LogP contribution is -2.43. The molecule has 0 atom stereocenters. The molecule has 1 rings (SSSR count). The molecule has 0 aliphatic heterocycles. The zero-order valence-corrected chi connectivity index (χ0v) is 12.7. The Morgan fingerprint density at radius 3 is 2.35 bits per heavy atom. The molecular weight excluding hydrogens is 254 g/mol. The molecule has 0 unspecified atom stereocenters. The minimum atomic E-state index is -1.11. The topological polar surface area (TPSA) is 59.3 Å². The maximum atomic E-state index is 12.1. The van der Waals surface area contributed by atoms with Gasteiger partial charge in [-0.2, -0.15) is 5.26 Å². The molecule has 4 nitrogen and oxygen atoms in total. The molecule has 0 saturated carbocycles. The predicted octanol–water partition coefficient (Wildman–Crippen LogP) is 3.25. The van der Waals surface area contributed by atoms with Crippen LogP contribution in [0.4, 0.5) is 0 Å². The molecule has 1 aromatic rings. The molecule has 0 aliphatic carbocycles. The minimum absolute atomic E-state index is 0.237. The smallest absolute Gasteiger partial charge is 0.350 e. The van der Waals surface area contributed by atoms with Crippen LogP contribution in [-0.2, 0) is 16.0 Å². The van der Waals surface area contributed by atoms with Crippen molar-refractivity contribution in [3.05, 3.63) is 29.8 Å². The summed E-state index contributed by atoms with van der Waals surface area (Å²) in [6.07, 6.45) is 0.237. The van der Waals surface area contributed by atoms with Crippen molar-refractivity contribution in [3.63, 3.8) is 0 Å². The summed E-state index contributed by atoms with van der Waals surface area (Å²) >= 11 is 0. The van der Waals surface area contributed by atoms with Crippen molar-refractivity contribution >= 4 is 5.97 Å². The summed E-state index contributed by atoms with van der Waals surface area (Å²) in [5.41, 5.74) is -0.922. The highest BCUT2D eigenvalue weighted by molar-refractivity contribution is 5.79. The molecule has 4 heteroatoms. The maximum Gasteiger partial charge on any atom is 0.350 e. The molecule has 0 fully saturated rings. The molecule has 0 radical (unpaired) electrons. The highest BCUT2D eigenvalue weighted by atomic mass is 16.6. The zero-order valence-electron chi connectivity index (χ0n) is 12.7. The van der Waals surface area contributed by atoms with Gasteiger partial charge in [0.1, 0.15) is 11.4 Å². The van der Waals surface area contributed by atoms with Gasteiger partial charge in [-0.3, -0.25) is 0 Å². The van der Waals surface area contributed by atoms with Crippen LogP contribution in [0.15, 0.2) is 24.3 Å². The maximum absolute atomic E-state index is 12.1. The average Bonchev–Trinajstić information content (AvgIpc) is 2.29. The van der Waals surface area contributed by atoms with Gasteiger partial charge in [0.15, 0.2) is 5.60 Å². The first kappa shape index (κ1) is 16.0. The minimum Gasteiger partial charge on any atom is -0.476 e. The lowest BCUT2D eigenvalue weighted by atomic mass is 10.1. The second-order valence-electron chi connectivity index (χ2n) is 6.06. The Morgan fingerprint density at radius 1 is 1.20 bits per heavy atom. The number of rotatable bonds is 4. The summed E-state index contributed by atoms with van der Waals surface area (Å²) in [6.45, 7) is 8.74. The molecule has 0 heterocycles. The van der Waals surface area contributed by atoms with E-state index in [4.69, 9.17) is 14.7 Å². The lowest BCUT2D eigenvalue weighted by Gasteiger charge is -2.29. The Kier molecular flexibility index (Phi) is 4.78. The molecule has 20 heavy (non-hydrogen) atoms. The highest BCUT2D eigenvalue weighted by Crippen LogP contribution is 2.25. The van der Waals surface area contributed by atoms with E-state index in [2.05, 4.69) is 6.07 Å². The second kappa shape index (κ2) is 5.96. The van der Waals surface area contributed by atoms with Crippen molar-refractivity contribution in [1.29, 1.82) is 5.26 Å². The van der Waals surface area contributed by atoms with Gasteiger partial charge in [-0.05, 0) is 40.7 Å². The molecule has 0 spiro atoms. The fraction of sp³-hybridized carbons (Fsp3) is 0.500. The first-order valence-corrected chi connectivity index (χ1v) is 6.53. The number of hydrogen-bond donors (Lipinski definition) is 0. The molecule has 108 valence electrons. The van der Waals surface area contributed by atoms with Gasteiger partial charge in [-0.25, -0.2) is 4.79 Å². The third-order valence-corrected chi connectivity index (χ3v) is 2.50. The Balaban J connectivity index is 2.91. The van der Waals surface area contributed by atoms with Crippen LogP contribution in [0.3, 0.4) is 0 Å². The van der Waals surface area contributed by atoms with Gasteiger partial charge >= 0.3 is 5.97 Å². The number of hydrogen-bond acceptors (Lipinski definition) is 4. The monoisotopic (exact) mass is 275 g/mol. The van der Waals surface area contributed by atoms with Crippen molar-refractivity contribution in [2.75, 3.05) is 0 Å². The summed E-state index contributed by atoms with van der Waals surface area (Å²) in [5.74, 6) is 0.0988. The number of nitrogens with zero attached hydrogens (tertiary/aromatic N) is 1. The third-order valence-electron chi connectivity index (χ3n) is 2.50. The third kappa shape index (κ3) is 4.58. The van der Waals surface area contributed by atoms with Crippen molar-refractivity contribution in [2.45, 2.75) is 52.2 Å². The van der Waals surface area contributed by atoms with E-state index in [0.29, 0.717) is 5.75 Å². The van der Waals surface area contributed by atoms with Crippen molar-refractivity contribution in [3.8, 4) is 11.8 Å². The number of carbonyl (C=O) groups excluding carboxylic acids is 1. The number of ether oxygens (including phenoxy) is 2. The lowest BCUT2D eigenvalue weighted by molar-refractivity contribution is -0.170. The fourth-order valence-corrected chi connectivity index (χ4v) is 1.55. The van der Waals surface area contributed by atoms with Crippen LogP contribution in [0.5, 0.6) is 5.75 Å². The van der Waals surface area contributed by atoms with Gasteiger partial charge in [0, 0.05) is 5.56 Å². The van der Waals surface area contributed by atoms with Gasteiger partial charge in [-0.15, -0.1) is 0 Å². The normalized spacial score (nSPS) is 11.6. The van der Waals surface area contributed by atoms with Gasteiger partial charge in [0.2, 0.25) is 0 Å². The molecule has 0 N–H and O–H groups in total. The summed E-state index contributed by atoms with van der Waals surface area (Å²) in [6, 6.07) is 9.28. The Labute approximate surface area is 120 Å². The van der Waals surface area contributed by atoms with E-state index in [1.54, 1.807) is 26.0 Å². The molecule has 0 amide bonds. The quantitative estimate of drug-likeness (QED) is 0.791. The molecule has 0 bridgehead atoms. The number of esters is 1. The molecule has 0 saturated heterocycles. The Morgan fingerprint density at radius 2 is 1.80 bits per heavy atom. The van der Waals surface area contributed by atoms with E-state index >= 15 is 0 Å². The van der Waals surface area contributed by atoms with Crippen LogP contribution in [-0.4, -0.2) is 17.2 Å². The molecule has 0 aromatic heterocycles. The average molecular weight is 275 g/mol. The van der Waals surface area contributed by atoms with Crippen LogP contribution in [0.2, 0.25) is 0 Å². The summed E-state index contributed by atoms with van der Waals surface area (Å²) < 4.78 is 11.1. The van der Waals surface area contributed by atoms with Crippen LogP contribution in [0.25, 0.3) is 0 Å². The van der Waals surface area contributed by atoms with Crippen LogP contribution < -0.4 is 4.74 Å². The van der Waals surface area contributed by atoms with E-state index in [-0.39, 0.29) is 6.42 Å². The van der Waals surface area contributed by atoms with E-state index in [1.165, 1.54) is 0 Å².